The molecule has 1 aromatic heterocycles. The highest BCUT2D eigenvalue weighted by atomic mass is 15.0. The lowest BCUT2D eigenvalue weighted by molar-refractivity contribution is 0.671. The SMILES string of the molecule is CCCn1ccnc1C#Cc1cccc(N)c1. The highest BCUT2D eigenvalue weighted by Gasteiger charge is 1.96. The number of nitrogen functional groups attached to an aromatic ring is 1. The number of nitrogens with zero attached hydrogens (tertiary/aromatic N) is 2. The Morgan fingerprint density at radius 2 is 2.24 bits per heavy atom. The molecular weight excluding hydrogens is 210 g/mol. The van der Waals surface area contributed by atoms with Crippen LogP contribution in [0.4, 0.5) is 5.69 Å². The molecule has 0 radical (unpaired) electrons. The number of aromatic nitrogens is 2. The lowest BCUT2D eigenvalue weighted by Gasteiger charge is -1.99. The fourth-order valence-electron chi connectivity index (χ4n) is 1.60. The molecular formula is C14H15N3. The van der Waals surface area contributed by atoms with Crippen molar-refractivity contribution in [2.45, 2.75) is 19.9 Å². The summed E-state index contributed by atoms with van der Waals surface area (Å²) in [5.74, 6) is 6.94. The molecule has 17 heavy (non-hydrogen) atoms. The summed E-state index contributed by atoms with van der Waals surface area (Å²) < 4.78 is 2.05. The van der Waals surface area contributed by atoms with Crippen molar-refractivity contribution in [1.29, 1.82) is 0 Å². The Morgan fingerprint density at radius 1 is 1.35 bits per heavy atom. The van der Waals surface area contributed by atoms with Crippen molar-refractivity contribution in [2.24, 2.45) is 0 Å². The number of aryl methyl sites for hydroxylation is 1. The van der Waals surface area contributed by atoms with E-state index in [1.165, 1.54) is 0 Å². The first kappa shape index (κ1) is 11.3. The quantitative estimate of drug-likeness (QED) is 0.629. The van der Waals surface area contributed by atoms with Crippen LogP contribution >= 0.6 is 0 Å². The Kier molecular flexibility index (Phi) is 3.46. The largest absolute Gasteiger partial charge is 0.399 e. The molecule has 0 spiro atoms. The van der Waals surface area contributed by atoms with Gasteiger partial charge in [0.2, 0.25) is 0 Å². The van der Waals surface area contributed by atoms with Gasteiger partial charge in [0, 0.05) is 30.2 Å². The Balaban J connectivity index is 2.23. The highest BCUT2D eigenvalue weighted by molar-refractivity contribution is 5.48. The minimum Gasteiger partial charge on any atom is -0.399 e. The third kappa shape index (κ3) is 2.88. The average Bonchev–Trinajstić information content (AvgIpc) is 2.75. The summed E-state index contributed by atoms with van der Waals surface area (Å²) >= 11 is 0. The van der Waals surface area contributed by atoms with Crippen LogP contribution in [0.15, 0.2) is 36.7 Å². The second-order valence-corrected chi connectivity index (χ2v) is 3.82. The zero-order chi connectivity index (χ0) is 12.1. The van der Waals surface area contributed by atoms with E-state index in [4.69, 9.17) is 5.73 Å². The smallest absolute Gasteiger partial charge is 0.185 e. The predicted molar refractivity (Wildman–Crippen MR) is 69.4 cm³/mol. The van der Waals surface area contributed by atoms with Crippen LogP contribution in [0.1, 0.15) is 24.7 Å². The normalized spacial score (nSPS) is 9.71. The van der Waals surface area contributed by atoms with Gasteiger partial charge in [-0.25, -0.2) is 4.98 Å². The summed E-state index contributed by atoms with van der Waals surface area (Å²) in [4.78, 5) is 4.23. The molecule has 0 bridgehead atoms. The zero-order valence-corrected chi connectivity index (χ0v) is 9.85. The highest BCUT2D eigenvalue weighted by Crippen LogP contribution is 2.05. The van der Waals surface area contributed by atoms with Gasteiger partial charge in [-0.1, -0.05) is 18.9 Å². The van der Waals surface area contributed by atoms with Crippen LogP contribution in [0.3, 0.4) is 0 Å². The number of nitrogens with two attached hydrogens (primary N) is 1. The van der Waals surface area contributed by atoms with Gasteiger partial charge >= 0.3 is 0 Å². The van der Waals surface area contributed by atoms with Gasteiger partial charge in [-0.15, -0.1) is 0 Å². The van der Waals surface area contributed by atoms with E-state index in [0.717, 1.165) is 30.0 Å². The second-order valence-electron chi connectivity index (χ2n) is 3.82. The van der Waals surface area contributed by atoms with E-state index in [1.807, 2.05) is 30.5 Å². The Morgan fingerprint density at radius 3 is 3.00 bits per heavy atom. The Bertz CT molecular complexity index is 558. The van der Waals surface area contributed by atoms with Gasteiger partial charge < -0.3 is 10.3 Å². The van der Waals surface area contributed by atoms with Crippen molar-refractivity contribution >= 4 is 5.69 Å². The van der Waals surface area contributed by atoms with Crippen molar-refractivity contribution < 1.29 is 0 Å². The molecule has 0 amide bonds. The van der Waals surface area contributed by atoms with Crippen LogP contribution < -0.4 is 5.73 Å². The number of hydrogen-bond donors (Lipinski definition) is 1. The first-order valence-electron chi connectivity index (χ1n) is 5.68. The number of anilines is 1. The van der Waals surface area contributed by atoms with Crippen LogP contribution in [0.25, 0.3) is 0 Å². The van der Waals surface area contributed by atoms with Gasteiger partial charge in [0.05, 0.1) is 0 Å². The molecule has 86 valence electrons. The Labute approximate surface area is 101 Å². The number of benzene rings is 1. The van der Waals surface area contributed by atoms with Crippen LogP contribution in [-0.2, 0) is 6.54 Å². The monoisotopic (exact) mass is 225 g/mol. The molecule has 0 aliphatic heterocycles. The summed E-state index contributed by atoms with van der Waals surface area (Å²) in [6.45, 7) is 3.08. The maximum Gasteiger partial charge on any atom is 0.185 e. The van der Waals surface area contributed by atoms with Gasteiger partial charge in [-0.05, 0) is 30.5 Å². The third-order valence-electron chi connectivity index (χ3n) is 2.39. The molecule has 3 heteroatoms. The summed E-state index contributed by atoms with van der Waals surface area (Å²) in [5, 5.41) is 0. The van der Waals surface area contributed by atoms with E-state index in [2.05, 4.69) is 28.3 Å². The van der Waals surface area contributed by atoms with Crippen LogP contribution in [0, 0.1) is 11.8 Å². The van der Waals surface area contributed by atoms with E-state index in [1.54, 1.807) is 6.20 Å². The Hall–Kier alpha value is -2.21. The standard InChI is InChI=1S/C14H15N3/c1-2-9-17-10-8-16-14(17)7-6-12-4-3-5-13(15)11-12/h3-5,8,10-11H,2,9,15H2,1H3. The van der Waals surface area contributed by atoms with Crippen LogP contribution in [-0.4, -0.2) is 9.55 Å². The van der Waals surface area contributed by atoms with Crippen molar-refractivity contribution in [3.8, 4) is 11.8 Å². The van der Waals surface area contributed by atoms with E-state index < -0.39 is 0 Å². The van der Waals surface area contributed by atoms with Crippen molar-refractivity contribution in [3.63, 3.8) is 0 Å². The van der Waals surface area contributed by atoms with Gasteiger partial charge in [0.1, 0.15) is 0 Å². The molecule has 0 aliphatic rings. The minimum absolute atomic E-state index is 0.730. The molecule has 2 N–H and O–H groups in total. The fraction of sp³-hybridized carbons (Fsp3) is 0.214. The molecule has 3 nitrogen and oxygen atoms in total. The molecule has 0 atom stereocenters. The number of hydrogen-bond acceptors (Lipinski definition) is 2. The molecule has 0 saturated heterocycles. The molecule has 0 aliphatic carbocycles. The minimum atomic E-state index is 0.730. The van der Waals surface area contributed by atoms with E-state index in [0.29, 0.717) is 0 Å². The maximum atomic E-state index is 5.70. The lowest BCUT2D eigenvalue weighted by atomic mass is 10.2. The first-order valence-corrected chi connectivity index (χ1v) is 5.68. The second kappa shape index (κ2) is 5.22. The number of imidazole rings is 1. The van der Waals surface area contributed by atoms with E-state index >= 15 is 0 Å². The molecule has 0 fully saturated rings. The fourth-order valence-corrected chi connectivity index (χ4v) is 1.60. The lowest BCUT2D eigenvalue weighted by Crippen LogP contribution is -1.98. The third-order valence-corrected chi connectivity index (χ3v) is 2.39. The van der Waals surface area contributed by atoms with Gasteiger partial charge in [-0.2, -0.15) is 0 Å². The first-order chi connectivity index (χ1) is 8.29. The van der Waals surface area contributed by atoms with E-state index in [-0.39, 0.29) is 0 Å². The molecule has 0 unspecified atom stereocenters. The van der Waals surface area contributed by atoms with Crippen molar-refractivity contribution in [3.05, 3.63) is 48.0 Å². The summed E-state index contributed by atoms with van der Waals surface area (Å²) in [7, 11) is 0. The van der Waals surface area contributed by atoms with Gasteiger partial charge in [0.25, 0.3) is 0 Å². The molecule has 2 rings (SSSR count). The molecule has 1 heterocycles. The zero-order valence-electron chi connectivity index (χ0n) is 9.85. The maximum absolute atomic E-state index is 5.70. The summed E-state index contributed by atoms with van der Waals surface area (Å²) in [6, 6.07) is 7.55. The molecule has 2 aromatic rings. The number of rotatable bonds is 2. The van der Waals surface area contributed by atoms with Crippen molar-refractivity contribution in [1.82, 2.24) is 9.55 Å². The molecule has 0 saturated carbocycles. The van der Waals surface area contributed by atoms with Gasteiger partial charge in [-0.3, -0.25) is 0 Å². The topological polar surface area (TPSA) is 43.8 Å². The van der Waals surface area contributed by atoms with Crippen LogP contribution in [0.2, 0.25) is 0 Å². The predicted octanol–water partition coefficient (Wildman–Crippen LogP) is 2.28. The van der Waals surface area contributed by atoms with Gasteiger partial charge in [0.15, 0.2) is 5.82 Å². The van der Waals surface area contributed by atoms with Crippen LogP contribution in [0.5, 0.6) is 0 Å². The average molecular weight is 225 g/mol. The van der Waals surface area contributed by atoms with E-state index in [9.17, 15) is 0 Å². The molecule has 1 aromatic carbocycles. The summed E-state index contributed by atoms with van der Waals surface area (Å²) in [5.41, 5.74) is 7.34. The van der Waals surface area contributed by atoms with Crippen molar-refractivity contribution in [2.75, 3.05) is 5.73 Å². The summed E-state index contributed by atoms with van der Waals surface area (Å²) in [6.07, 6.45) is 4.80.